The third kappa shape index (κ3) is 4.65. The summed E-state index contributed by atoms with van der Waals surface area (Å²) in [7, 11) is 4.50. The number of fused-ring (bicyclic) bond motifs is 1. The van der Waals surface area contributed by atoms with E-state index >= 15 is 0 Å². The first-order chi connectivity index (χ1) is 19.3. The summed E-state index contributed by atoms with van der Waals surface area (Å²) < 4.78 is 23.9. The molecule has 0 spiro atoms. The van der Waals surface area contributed by atoms with Crippen molar-refractivity contribution in [2.75, 3.05) is 60.7 Å². The van der Waals surface area contributed by atoms with Crippen molar-refractivity contribution in [3.05, 3.63) is 58.6 Å². The minimum atomic E-state index is -0.903. The minimum Gasteiger partial charge on any atom is -0.505 e. The highest BCUT2D eigenvalue weighted by Gasteiger charge is 2.47. The molecule has 3 aromatic rings. The average Bonchev–Trinajstić information content (AvgIpc) is 3.45. The van der Waals surface area contributed by atoms with E-state index in [-0.39, 0.29) is 23.6 Å². The Balaban J connectivity index is 1.67. The second kappa shape index (κ2) is 11.2. The second-order valence-corrected chi connectivity index (χ2v) is 9.84. The summed E-state index contributed by atoms with van der Waals surface area (Å²) >= 11 is 0. The van der Waals surface area contributed by atoms with Gasteiger partial charge in [-0.3, -0.25) is 14.5 Å². The molecule has 1 unspecified atom stereocenters. The molecule has 1 amide bonds. The van der Waals surface area contributed by atoms with Gasteiger partial charge in [0.15, 0.2) is 17.3 Å². The van der Waals surface area contributed by atoms with Gasteiger partial charge in [-0.2, -0.15) is 0 Å². The molecule has 2 saturated heterocycles. The molecule has 1 aromatic carbocycles. The monoisotopic (exact) mass is 550 g/mol. The minimum absolute atomic E-state index is 0.0367. The number of aliphatic hydroxyl groups is 1. The van der Waals surface area contributed by atoms with Gasteiger partial charge in [0.2, 0.25) is 5.75 Å². The standard InChI is InChI=1S/C29H34N4O7/c1-17-7-6-8-32-18(2)23(30-28(17)32)25(34)22-24(19-15-20(37-3)27(39-5)21(16-19)38-4)33(29(36)26(22)35)10-9-31-11-13-40-14-12-31/h6-8,15-16,24,34H,9-14H2,1-5H3. The topological polar surface area (TPSA) is 115 Å². The van der Waals surface area contributed by atoms with Gasteiger partial charge in [0, 0.05) is 32.4 Å². The number of aryl methyl sites for hydroxylation is 2. The van der Waals surface area contributed by atoms with E-state index in [1.54, 1.807) is 12.1 Å². The fraction of sp³-hybridized carbons (Fsp3) is 0.414. The number of aliphatic hydroxyl groups excluding tert-OH is 1. The lowest BCUT2D eigenvalue weighted by Crippen LogP contribution is -2.42. The Labute approximate surface area is 232 Å². The van der Waals surface area contributed by atoms with Crippen LogP contribution < -0.4 is 14.2 Å². The Morgan fingerprint density at radius 2 is 1.73 bits per heavy atom. The molecule has 11 heteroatoms. The maximum Gasteiger partial charge on any atom is 0.295 e. The quantitative estimate of drug-likeness (QED) is 0.257. The molecular weight excluding hydrogens is 516 g/mol. The van der Waals surface area contributed by atoms with E-state index < -0.39 is 17.7 Å². The number of methoxy groups -OCH3 is 3. The second-order valence-electron chi connectivity index (χ2n) is 9.84. The molecule has 1 atom stereocenters. The molecule has 2 fully saturated rings. The number of carbonyl (C=O) groups is 2. The van der Waals surface area contributed by atoms with Gasteiger partial charge in [-0.25, -0.2) is 4.98 Å². The molecule has 0 aliphatic carbocycles. The number of Topliss-reactive ketones (excluding diaryl/α,β-unsaturated/α-hetero) is 1. The maximum atomic E-state index is 13.6. The highest BCUT2D eigenvalue weighted by Crippen LogP contribution is 2.45. The first kappa shape index (κ1) is 27.5. The molecule has 2 aromatic heterocycles. The van der Waals surface area contributed by atoms with Crippen LogP contribution in [0.4, 0.5) is 0 Å². The lowest BCUT2D eigenvalue weighted by atomic mass is 9.95. The van der Waals surface area contributed by atoms with Gasteiger partial charge in [0.1, 0.15) is 11.3 Å². The Bertz CT molecular complexity index is 1460. The van der Waals surface area contributed by atoms with Crippen LogP contribution in [0.1, 0.15) is 28.6 Å². The van der Waals surface area contributed by atoms with E-state index in [4.69, 9.17) is 18.9 Å². The first-order valence-corrected chi connectivity index (χ1v) is 13.1. The van der Waals surface area contributed by atoms with Crippen LogP contribution in [0.5, 0.6) is 17.2 Å². The summed E-state index contributed by atoms with van der Waals surface area (Å²) in [6.07, 6.45) is 1.85. The van der Waals surface area contributed by atoms with Crippen molar-refractivity contribution in [3.8, 4) is 17.2 Å². The van der Waals surface area contributed by atoms with Crippen molar-refractivity contribution in [3.63, 3.8) is 0 Å². The van der Waals surface area contributed by atoms with Gasteiger partial charge < -0.3 is 33.4 Å². The van der Waals surface area contributed by atoms with Crippen molar-refractivity contribution in [2.24, 2.45) is 0 Å². The zero-order chi connectivity index (χ0) is 28.6. The smallest absolute Gasteiger partial charge is 0.295 e. The average molecular weight is 551 g/mol. The number of benzene rings is 1. The molecule has 212 valence electrons. The summed E-state index contributed by atoms with van der Waals surface area (Å²) in [5.74, 6) is -0.667. The highest BCUT2D eigenvalue weighted by molar-refractivity contribution is 6.46. The number of aromatic nitrogens is 2. The number of hydrogen-bond acceptors (Lipinski definition) is 9. The third-order valence-corrected chi connectivity index (χ3v) is 7.61. The molecule has 2 aliphatic heterocycles. The number of morpholine rings is 1. The van der Waals surface area contributed by atoms with Crippen LogP contribution in [0, 0.1) is 13.8 Å². The summed E-state index contributed by atoms with van der Waals surface area (Å²) in [4.78, 5) is 35.5. The van der Waals surface area contributed by atoms with E-state index in [1.165, 1.54) is 26.2 Å². The van der Waals surface area contributed by atoms with E-state index in [1.807, 2.05) is 36.6 Å². The largest absolute Gasteiger partial charge is 0.505 e. The molecule has 4 heterocycles. The van der Waals surface area contributed by atoms with E-state index in [9.17, 15) is 14.7 Å². The van der Waals surface area contributed by atoms with E-state index in [2.05, 4.69) is 9.88 Å². The number of nitrogens with zero attached hydrogens (tertiary/aromatic N) is 4. The predicted octanol–water partition coefficient (Wildman–Crippen LogP) is 2.73. The molecule has 0 saturated carbocycles. The summed E-state index contributed by atoms with van der Waals surface area (Å²) in [5.41, 5.74) is 2.97. The zero-order valence-corrected chi connectivity index (χ0v) is 23.4. The third-order valence-electron chi connectivity index (χ3n) is 7.61. The molecule has 40 heavy (non-hydrogen) atoms. The van der Waals surface area contributed by atoms with Crippen LogP contribution in [0.15, 0.2) is 36.0 Å². The molecule has 5 rings (SSSR count). The maximum absolute atomic E-state index is 13.6. The number of hydrogen-bond donors (Lipinski definition) is 1. The van der Waals surface area contributed by atoms with Crippen molar-refractivity contribution in [1.29, 1.82) is 0 Å². The number of ketones is 1. The molecule has 2 aliphatic rings. The number of carbonyl (C=O) groups excluding carboxylic acids is 2. The van der Waals surface area contributed by atoms with Gasteiger partial charge in [-0.05, 0) is 43.2 Å². The van der Waals surface area contributed by atoms with Crippen LogP contribution in [0.25, 0.3) is 11.4 Å². The number of likely N-dealkylation sites (tertiary alicyclic amines) is 1. The number of imidazole rings is 1. The lowest BCUT2D eigenvalue weighted by molar-refractivity contribution is -0.140. The van der Waals surface area contributed by atoms with Crippen molar-refractivity contribution in [1.82, 2.24) is 19.2 Å². The van der Waals surface area contributed by atoms with Crippen molar-refractivity contribution < 1.29 is 33.6 Å². The number of pyridine rings is 1. The Morgan fingerprint density at radius 1 is 1.05 bits per heavy atom. The van der Waals surface area contributed by atoms with Gasteiger partial charge in [-0.1, -0.05) is 6.07 Å². The predicted molar refractivity (Wildman–Crippen MR) is 147 cm³/mol. The highest BCUT2D eigenvalue weighted by atomic mass is 16.5. The zero-order valence-electron chi connectivity index (χ0n) is 23.4. The van der Waals surface area contributed by atoms with Crippen LogP contribution in [0.3, 0.4) is 0 Å². The number of amides is 1. The van der Waals surface area contributed by atoms with Gasteiger partial charge >= 0.3 is 0 Å². The number of ether oxygens (including phenoxy) is 4. The molecular formula is C29H34N4O7. The molecule has 0 bridgehead atoms. The van der Waals surface area contributed by atoms with Gasteiger partial charge in [0.05, 0.1) is 51.9 Å². The first-order valence-electron chi connectivity index (χ1n) is 13.1. The molecule has 1 N–H and O–H groups in total. The van der Waals surface area contributed by atoms with E-state index in [0.29, 0.717) is 53.9 Å². The summed E-state index contributed by atoms with van der Waals surface area (Å²) in [6.45, 7) is 7.25. The molecule has 0 radical (unpaired) electrons. The van der Waals surface area contributed by atoms with Crippen LogP contribution in [-0.4, -0.2) is 96.7 Å². The van der Waals surface area contributed by atoms with Gasteiger partial charge in [-0.15, -0.1) is 0 Å². The fourth-order valence-corrected chi connectivity index (χ4v) is 5.46. The van der Waals surface area contributed by atoms with E-state index in [0.717, 1.165) is 18.7 Å². The van der Waals surface area contributed by atoms with Crippen molar-refractivity contribution in [2.45, 2.75) is 19.9 Å². The Kier molecular flexibility index (Phi) is 7.68. The van der Waals surface area contributed by atoms with Crippen molar-refractivity contribution >= 4 is 23.1 Å². The van der Waals surface area contributed by atoms with Crippen LogP contribution in [0.2, 0.25) is 0 Å². The van der Waals surface area contributed by atoms with Gasteiger partial charge in [0.25, 0.3) is 11.7 Å². The summed E-state index contributed by atoms with van der Waals surface area (Å²) in [5, 5.41) is 11.7. The fourth-order valence-electron chi connectivity index (χ4n) is 5.46. The number of rotatable bonds is 8. The summed E-state index contributed by atoms with van der Waals surface area (Å²) in [6, 6.07) is 6.31. The van der Waals surface area contributed by atoms with Crippen LogP contribution >= 0.6 is 0 Å². The normalized spacial score (nSPS) is 19.4. The lowest BCUT2D eigenvalue weighted by Gasteiger charge is -2.31. The molecule has 11 nitrogen and oxygen atoms in total. The Hall–Kier alpha value is -4.09. The SMILES string of the molecule is COc1cc(C2C(=C(O)c3nc4c(C)cccn4c3C)C(=O)C(=O)N2CCN2CCOCC2)cc(OC)c1OC. The Morgan fingerprint density at radius 3 is 2.33 bits per heavy atom. The van der Waals surface area contributed by atoms with Crippen LogP contribution in [-0.2, 0) is 14.3 Å².